The molecule has 1 aromatic rings. The van der Waals surface area contributed by atoms with Gasteiger partial charge in [0.15, 0.2) is 5.78 Å². The van der Waals surface area contributed by atoms with Gasteiger partial charge in [-0.25, -0.2) is 0 Å². The zero-order valence-corrected chi connectivity index (χ0v) is 9.48. The van der Waals surface area contributed by atoms with Crippen LogP contribution in [0.4, 0.5) is 0 Å². The van der Waals surface area contributed by atoms with E-state index >= 15 is 0 Å². The number of rotatable bonds is 0. The molecule has 1 aliphatic carbocycles. The molecule has 0 N–H and O–H groups in total. The van der Waals surface area contributed by atoms with E-state index in [1.165, 1.54) is 24.2 Å². The summed E-state index contributed by atoms with van der Waals surface area (Å²) in [5, 5.41) is 0. The fraction of sp³-hybridized carbons (Fsp3) is 0.462. The highest BCUT2D eigenvalue weighted by Gasteiger charge is 2.46. The van der Waals surface area contributed by atoms with E-state index in [0.29, 0.717) is 5.78 Å². The maximum Gasteiger partial charge on any atom is 0.180 e. The molecular formula is C13H14OS. The second kappa shape index (κ2) is 3.38. The first kappa shape index (κ1) is 9.46. The predicted molar refractivity (Wildman–Crippen MR) is 62.4 cm³/mol. The molecule has 0 atom stereocenters. The van der Waals surface area contributed by atoms with E-state index < -0.39 is 0 Å². The van der Waals surface area contributed by atoms with Crippen molar-refractivity contribution < 1.29 is 4.79 Å². The summed E-state index contributed by atoms with van der Waals surface area (Å²) in [6.45, 7) is 0. The molecule has 1 heterocycles. The number of benzene rings is 1. The van der Waals surface area contributed by atoms with Crippen molar-refractivity contribution in [2.45, 2.75) is 41.7 Å². The van der Waals surface area contributed by atoms with Crippen LogP contribution < -0.4 is 0 Å². The van der Waals surface area contributed by atoms with Crippen molar-refractivity contribution in [3.05, 3.63) is 29.8 Å². The number of Topliss-reactive ketones (excluding diaryl/α,β-unsaturated/α-hetero) is 1. The van der Waals surface area contributed by atoms with Crippen LogP contribution in [0, 0.1) is 0 Å². The van der Waals surface area contributed by atoms with Crippen LogP contribution in [0.5, 0.6) is 0 Å². The van der Waals surface area contributed by atoms with Crippen LogP contribution in [0.3, 0.4) is 0 Å². The molecule has 3 rings (SSSR count). The Balaban J connectivity index is 2.01. The van der Waals surface area contributed by atoms with E-state index in [9.17, 15) is 4.79 Å². The molecule has 78 valence electrons. The highest BCUT2D eigenvalue weighted by Crippen LogP contribution is 2.52. The lowest BCUT2D eigenvalue weighted by Crippen LogP contribution is -2.33. The monoisotopic (exact) mass is 218 g/mol. The van der Waals surface area contributed by atoms with Crippen LogP contribution in [0.1, 0.15) is 42.5 Å². The number of hydrogen-bond donors (Lipinski definition) is 0. The molecule has 1 nitrogen and oxygen atoms in total. The molecule has 0 aromatic heterocycles. The van der Waals surface area contributed by atoms with Gasteiger partial charge in [0.1, 0.15) is 0 Å². The molecule has 0 radical (unpaired) electrons. The molecule has 0 unspecified atom stereocenters. The molecule has 0 bridgehead atoms. The van der Waals surface area contributed by atoms with Crippen LogP contribution >= 0.6 is 11.8 Å². The first-order valence-corrected chi connectivity index (χ1v) is 6.46. The van der Waals surface area contributed by atoms with Crippen LogP contribution in [-0.4, -0.2) is 10.5 Å². The molecular weight excluding hydrogens is 204 g/mol. The number of carbonyl (C=O) groups excluding carboxylic acids is 1. The van der Waals surface area contributed by atoms with Crippen LogP contribution in [0.2, 0.25) is 0 Å². The van der Waals surface area contributed by atoms with Crippen molar-refractivity contribution in [1.82, 2.24) is 0 Å². The summed E-state index contributed by atoms with van der Waals surface area (Å²) in [4.78, 5) is 13.6. The lowest BCUT2D eigenvalue weighted by molar-refractivity contribution is 0.0923. The van der Waals surface area contributed by atoms with Gasteiger partial charge in [0.05, 0.1) is 4.75 Å². The number of ketones is 1. The van der Waals surface area contributed by atoms with Crippen molar-refractivity contribution in [3.63, 3.8) is 0 Å². The third-order valence-electron chi connectivity index (χ3n) is 3.51. The van der Waals surface area contributed by atoms with Crippen molar-refractivity contribution in [3.8, 4) is 0 Å². The van der Waals surface area contributed by atoms with Crippen molar-refractivity contribution >= 4 is 17.5 Å². The van der Waals surface area contributed by atoms with Gasteiger partial charge in [-0.2, -0.15) is 0 Å². The number of fused-ring (bicyclic) bond motifs is 1. The molecule has 1 spiro atoms. The Hall–Kier alpha value is -0.760. The third kappa shape index (κ3) is 1.35. The average molecular weight is 218 g/mol. The van der Waals surface area contributed by atoms with Crippen LogP contribution in [0.15, 0.2) is 29.2 Å². The lowest BCUT2D eigenvalue weighted by atomic mass is 9.83. The number of carbonyl (C=O) groups is 1. The molecule has 0 amide bonds. The minimum Gasteiger partial charge on any atom is -0.293 e. The van der Waals surface area contributed by atoms with E-state index in [4.69, 9.17) is 0 Å². The largest absolute Gasteiger partial charge is 0.293 e. The Morgan fingerprint density at radius 1 is 1.07 bits per heavy atom. The highest BCUT2D eigenvalue weighted by atomic mass is 32.2. The summed E-state index contributed by atoms with van der Waals surface area (Å²) in [5.74, 6) is 0.391. The minimum absolute atomic E-state index is 0.0814. The van der Waals surface area contributed by atoms with Crippen molar-refractivity contribution in [1.29, 1.82) is 0 Å². The number of thioether (sulfide) groups is 1. The molecule has 0 saturated heterocycles. The highest BCUT2D eigenvalue weighted by molar-refractivity contribution is 8.02. The standard InChI is InChI=1S/C13H14OS/c14-12-10-6-2-3-7-11(10)15-13(12)8-4-1-5-9-13/h2-3,6-7H,1,4-5,8-9H2. The maximum absolute atomic E-state index is 12.4. The second-order valence-corrected chi connectivity index (χ2v) is 5.91. The van der Waals surface area contributed by atoms with E-state index in [1.54, 1.807) is 0 Å². The summed E-state index contributed by atoms with van der Waals surface area (Å²) < 4.78 is -0.0814. The molecule has 15 heavy (non-hydrogen) atoms. The van der Waals surface area contributed by atoms with Crippen LogP contribution in [-0.2, 0) is 0 Å². The second-order valence-electron chi connectivity index (χ2n) is 4.48. The van der Waals surface area contributed by atoms with E-state index in [-0.39, 0.29) is 4.75 Å². The molecule has 1 fully saturated rings. The summed E-state index contributed by atoms with van der Waals surface area (Å²) in [5.41, 5.74) is 0.962. The first-order valence-electron chi connectivity index (χ1n) is 5.65. The predicted octanol–water partition coefficient (Wildman–Crippen LogP) is 3.68. The zero-order valence-electron chi connectivity index (χ0n) is 8.66. The minimum atomic E-state index is -0.0814. The van der Waals surface area contributed by atoms with Gasteiger partial charge in [-0.05, 0) is 18.9 Å². The smallest absolute Gasteiger partial charge is 0.180 e. The Bertz CT molecular complexity index is 405. The number of hydrogen-bond acceptors (Lipinski definition) is 2. The fourth-order valence-corrected chi connectivity index (χ4v) is 4.23. The topological polar surface area (TPSA) is 17.1 Å². The Labute approximate surface area is 94.3 Å². The van der Waals surface area contributed by atoms with E-state index in [0.717, 1.165) is 18.4 Å². The lowest BCUT2D eigenvalue weighted by Gasteiger charge is -2.30. The van der Waals surface area contributed by atoms with Gasteiger partial charge < -0.3 is 0 Å². The van der Waals surface area contributed by atoms with Gasteiger partial charge in [0.25, 0.3) is 0 Å². The van der Waals surface area contributed by atoms with E-state index in [2.05, 4.69) is 6.07 Å². The summed E-state index contributed by atoms with van der Waals surface area (Å²) in [6, 6.07) is 8.06. The average Bonchev–Trinajstić information content (AvgIpc) is 2.54. The zero-order chi connectivity index (χ0) is 10.3. The SMILES string of the molecule is O=C1c2ccccc2SC12CCCCC2. The quantitative estimate of drug-likeness (QED) is 0.660. The Morgan fingerprint density at radius 2 is 1.80 bits per heavy atom. The van der Waals surface area contributed by atoms with Gasteiger partial charge in [0.2, 0.25) is 0 Å². The Morgan fingerprint density at radius 3 is 2.53 bits per heavy atom. The molecule has 1 saturated carbocycles. The van der Waals surface area contributed by atoms with Gasteiger partial charge >= 0.3 is 0 Å². The summed E-state index contributed by atoms with van der Waals surface area (Å²) in [6.07, 6.45) is 5.88. The van der Waals surface area contributed by atoms with Gasteiger partial charge in [-0.3, -0.25) is 4.79 Å². The van der Waals surface area contributed by atoms with Gasteiger partial charge in [-0.15, -0.1) is 11.8 Å². The molecule has 1 aliphatic heterocycles. The first-order chi connectivity index (χ1) is 7.32. The van der Waals surface area contributed by atoms with Crippen LogP contribution in [0.25, 0.3) is 0 Å². The third-order valence-corrected chi connectivity index (χ3v) is 5.07. The fourth-order valence-electron chi connectivity index (χ4n) is 2.70. The summed E-state index contributed by atoms with van der Waals surface area (Å²) in [7, 11) is 0. The van der Waals surface area contributed by atoms with E-state index in [1.807, 2.05) is 30.0 Å². The molecule has 1 aromatic carbocycles. The van der Waals surface area contributed by atoms with Crippen molar-refractivity contribution in [2.24, 2.45) is 0 Å². The van der Waals surface area contributed by atoms with Gasteiger partial charge in [-0.1, -0.05) is 37.5 Å². The normalized spacial score (nSPS) is 23.1. The molecule has 2 heteroatoms. The maximum atomic E-state index is 12.4. The van der Waals surface area contributed by atoms with Crippen molar-refractivity contribution in [2.75, 3.05) is 0 Å². The Kier molecular flexibility index (Phi) is 2.13. The van der Waals surface area contributed by atoms with Gasteiger partial charge in [0, 0.05) is 10.5 Å². The summed E-state index contributed by atoms with van der Waals surface area (Å²) >= 11 is 1.82. The molecule has 2 aliphatic rings.